The molecule has 1 saturated heterocycles. The topological polar surface area (TPSA) is 108 Å². The largest absolute Gasteiger partial charge is 0.334 e. The molecule has 0 aliphatic carbocycles. The second-order valence-electron chi connectivity index (χ2n) is 6.71. The van der Waals surface area contributed by atoms with Crippen molar-refractivity contribution < 1.29 is 19.2 Å². The van der Waals surface area contributed by atoms with E-state index < -0.39 is 11.9 Å². The number of hydrogen-bond acceptors (Lipinski definition) is 5. The standard InChI is InChI=1S/C19H18N4O4S/c24-16-4-3-15(17(25)22-16)23-9-12-2-1-11(7-14(12)18(23)26)8-20-19(27)21-13-5-6-28-10-13/h1-2,5-7,10,15H,3-4,8-9H2,(H2,20,21,27)(H,22,24,25). The van der Waals surface area contributed by atoms with Gasteiger partial charge in [-0.1, -0.05) is 12.1 Å². The van der Waals surface area contributed by atoms with Gasteiger partial charge in [0, 0.05) is 30.5 Å². The fourth-order valence-corrected chi connectivity index (χ4v) is 3.99. The second-order valence-corrected chi connectivity index (χ2v) is 7.49. The molecular formula is C19H18N4O4S. The van der Waals surface area contributed by atoms with Crippen LogP contribution in [-0.2, 0) is 22.7 Å². The minimum atomic E-state index is -0.629. The van der Waals surface area contributed by atoms with Crippen LogP contribution in [0.2, 0.25) is 0 Å². The van der Waals surface area contributed by atoms with Crippen LogP contribution in [0.15, 0.2) is 35.0 Å². The second kappa shape index (κ2) is 7.43. The SMILES string of the molecule is O=C1CCC(N2Cc3ccc(CNC(=O)Nc4ccsc4)cc3C2=O)C(=O)N1. The van der Waals surface area contributed by atoms with Crippen LogP contribution in [0.5, 0.6) is 0 Å². The number of imide groups is 1. The lowest BCUT2D eigenvalue weighted by Gasteiger charge is -2.29. The van der Waals surface area contributed by atoms with E-state index in [-0.39, 0.29) is 30.8 Å². The monoisotopic (exact) mass is 398 g/mol. The molecule has 0 radical (unpaired) electrons. The third-order valence-corrected chi connectivity index (χ3v) is 5.51. The van der Waals surface area contributed by atoms with Gasteiger partial charge >= 0.3 is 6.03 Å². The summed E-state index contributed by atoms with van der Waals surface area (Å²) in [7, 11) is 0. The molecule has 3 heterocycles. The van der Waals surface area contributed by atoms with Gasteiger partial charge in [-0.2, -0.15) is 11.3 Å². The Morgan fingerprint density at radius 3 is 2.86 bits per heavy atom. The lowest BCUT2D eigenvalue weighted by atomic mass is 10.0. The first-order valence-electron chi connectivity index (χ1n) is 8.85. The van der Waals surface area contributed by atoms with Gasteiger partial charge in [-0.3, -0.25) is 19.7 Å². The summed E-state index contributed by atoms with van der Waals surface area (Å²) in [4.78, 5) is 49.6. The summed E-state index contributed by atoms with van der Waals surface area (Å²) in [6, 6.07) is 6.29. The Morgan fingerprint density at radius 2 is 2.11 bits per heavy atom. The average Bonchev–Trinajstić information content (AvgIpc) is 3.28. The molecule has 0 spiro atoms. The van der Waals surface area contributed by atoms with Crippen LogP contribution < -0.4 is 16.0 Å². The summed E-state index contributed by atoms with van der Waals surface area (Å²) in [5, 5.41) is 11.5. The molecule has 9 heteroatoms. The number of nitrogens with one attached hydrogen (secondary N) is 3. The number of carbonyl (C=O) groups is 4. The highest BCUT2D eigenvalue weighted by Gasteiger charge is 2.39. The maximum absolute atomic E-state index is 12.8. The number of amides is 5. The molecule has 4 rings (SSSR count). The molecule has 144 valence electrons. The fraction of sp³-hybridized carbons (Fsp3) is 0.263. The molecule has 1 aromatic heterocycles. The summed E-state index contributed by atoms with van der Waals surface area (Å²) >= 11 is 1.49. The molecule has 2 aliphatic heterocycles. The molecule has 0 saturated carbocycles. The Labute approximate surface area is 164 Å². The number of hydrogen-bond donors (Lipinski definition) is 3. The van der Waals surface area contributed by atoms with Gasteiger partial charge < -0.3 is 15.5 Å². The van der Waals surface area contributed by atoms with Crippen molar-refractivity contribution in [3.05, 3.63) is 51.7 Å². The summed E-state index contributed by atoms with van der Waals surface area (Å²) < 4.78 is 0. The van der Waals surface area contributed by atoms with Crippen molar-refractivity contribution in [3.63, 3.8) is 0 Å². The lowest BCUT2D eigenvalue weighted by Crippen LogP contribution is -2.52. The summed E-state index contributed by atoms with van der Waals surface area (Å²) in [5.74, 6) is -0.960. The Hall–Kier alpha value is -3.20. The number of nitrogens with zero attached hydrogens (tertiary/aromatic N) is 1. The van der Waals surface area contributed by atoms with Crippen LogP contribution >= 0.6 is 11.3 Å². The van der Waals surface area contributed by atoms with Crippen LogP contribution in [0.4, 0.5) is 10.5 Å². The smallest absolute Gasteiger partial charge is 0.319 e. The predicted octanol–water partition coefficient (Wildman–Crippen LogP) is 1.83. The molecule has 3 N–H and O–H groups in total. The third kappa shape index (κ3) is 3.61. The zero-order valence-corrected chi connectivity index (χ0v) is 15.7. The number of urea groups is 1. The Kier molecular flexibility index (Phi) is 4.82. The summed E-state index contributed by atoms with van der Waals surface area (Å²) in [6.07, 6.45) is 0.562. The van der Waals surface area contributed by atoms with E-state index in [4.69, 9.17) is 0 Å². The van der Waals surface area contributed by atoms with Gasteiger partial charge in [-0.25, -0.2) is 4.79 Å². The highest BCUT2D eigenvalue weighted by atomic mass is 32.1. The zero-order chi connectivity index (χ0) is 19.7. The fourth-order valence-electron chi connectivity index (χ4n) is 3.41. The Bertz CT molecular complexity index is 957. The molecule has 0 bridgehead atoms. The maximum atomic E-state index is 12.8. The van der Waals surface area contributed by atoms with Gasteiger partial charge in [0.05, 0.1) is 5.69 Å². The summed E-state index contributed by atoms with van der Waals surface area (Å²) in [5.41, 5.74) is 2.88. The maximum Gasteiger partial charge on any atom is 0.319 e. The van der Waals surface area contributed by atoms with Crippen molar-refractivity contribution in [3.8, 4) is 0 Å². The molecule has 1 atom stereocenters. The minimum absolute atomic E-state index is 0.227. The average molecular weight is 398 g/mol. The summed E-state index contributed by atoms with van der Waals surface area (Å²) in [6.45, 7) is 0.613. The van der Waals surface area contributed by atoms with Crippen LogP contribution in [0, 0.1) is 0 Å². The molecule has 5 amide bonds. The molecule has 2 aliphatic rings. The number of rotatable bonds is 4. The van der Waals surface area contributed by atoms with E-state index in [1.54, 1.807) is 6.07 Å². The number of carbonyl (C=O) groups excluding carboxylic acids is 4. The Balaban J connectivity index is 1.40. The van der Waals surface area contributed by atoms with Crippen molar-refractivity contribution in [1.82, 2.24) is 15.5 Å². The van der Waals surface area contributed by atoms with Crippen LogP contribution in [-0.4, -0.2) is 34.7 Å². The van der Waals surface area contributed by atoms with Crippen LogP contribution in [0.1, 0.15) is 34.3 Å². The van der Waals surface area contributed by atoms with E-state index in [9.17, 15) is 19.2 Å². The first kappa shape index (κ1) is 18.2. The Morgan fingerprint density at radius 1 is 1.25 bits per heavy atom. The minimum Gasteiger partial charge on any atom is -0.334 e. The van der Waals surface area contributed by atoms with E-state index in [0.717, 1.165) is 16.8 Å². The highest BCUT2D eigenvalue weighted by Crippen LogP contribution is 2.28. The highest BCUT2D eigenvalue weighted by molar-refractivity contribution is 7.08. The normalized spacial score (nSPS) is 18.6. The van der Waals surface area contributed by atoms with Crippen molar-refractivity contribution in [2.45, 2.75) is 32.0 Å². The van der Waals surface area contributed by atoms with E-state index in [1.165, 1.54) is 16.2 Å². The van der Waals surface area contributed by atoms with Crippen molar-refractivity contribution in [2.75, 3.05) is 5.32 Å². The van der Waals surface area contributed by atoms with Crippen molar-refractivity contribution in [2.24, 2.45) is 0 Å². The molecule has 1 aromatic carbocycles. The van der Waals surface area contributed by atoms with Gasteiger partial charge in [0.15, 0.2) is 0 Å². The van der Waals surface area contributed by atoms with Crippen LogP contribution in [0.3, 0.4) is 0 Å². The van der Waals surface area contributed by atoms with Gasteiger partial charge in [0.1, 0.15) is 6.04 Å². The van der Waals surface area contributed by atoms with E-state index in [0.29, 0.717) is 18.5 Å². The predicted molar refractivity (Wildman–Crippen MR) is 103 cm³/mol. The van der Waals surface area contributed by atoms with Crippen LogP contribution in [0.25, 0.3) is 0 Å². The zero-order valence-electron chi connectivity index (χ0n) is 14.9. The van der Waals surface area contributed by atoms with E-state index >= 15 is 0 Å². The van der Waals surface area contributed by atoms with E-state index in [2.05, 4.69) is 16.0 Å². The number of anilines is 1. The number of thiophene rings is 1. The van der Waals surface area contributed by atoms with Gasteiger partial charge in [-0.15, -0.1) is 0 Å². The van der Waals surface area contributed by atoms with Gasteiger partial charge in [-0.05, 0) is 35.1 Å². The number of fused-ring (bicyclic) bond motifs is 1. The molecular weight excluding hydrogens is 380 g/mol. The van der Waals surface area contributed by atoms with Crippen molar-refractivity contribution in [1.29, 1.82) is 0 Å². The van der Waals surface area contributed by atoms with E-state index in [1.807, 2.05) is 29.0 Å². The number of benzene rings is 1. The lowest BCUT2D eigenvalue weighted by molar-refractivity contribution is -0.136. The quantitative estimate of drug-likeness (QED) is 0.683. The van der Waals surface area contributed by atoms with Gasteiger partial charge in [0.25, 0.3) is 5.91 Å². The molecule has 1 unspecified atom stereocenters. The number of piperidine rings is 1. The molecule has 1 fully saturated rings. The first-order valence-corrected chi connectivity index (χ1v) is 9.79. The molecule has 2 aromatic rings. The first-order chi connectivity index (χ1) is 13.5. The molecule has 8 nitrogen and oxygen atoms in total. The van der Waals surface area contributed by atoms with Crippen molar-refractivity contribution >= 4 is 40.8 Å². The molecule has 28 heavy (non-hydrogen) atoms. The third-order valence-electron chi connectivity index (χ3n) is 4.82. The van der Waals surface area contributed by atoms with Gasteiger partial charge in [0.2, 0.25) is 11.8 Å².